The van der Waals surface area contributed by atoms with Crippen LogP contribution in [0, 0.1) is 5.92 Å². The van der Waals surface area contributed by atoms with Gasteiger partial charge in [0.05, 0.1) is 17.7 Å². The number of amides is 1. The second kappa shape index (κ2) is 6.02. The Hall–Kier alpha value is -1.26. The highest BCUT2D eigenvalue weighted by atomic mass is 35.5. The number of halogens is 1. The fraction of sp³-hybridized carbons (Fsp3) is 0.533. The lowest BCUT2D eigenvalue weighted by Gasteiger charge is -2.29. The maximum Gasteiger partial charge on any atom is 0.217 e. The van der Waals surface area contributed by atoms with Crippen LogP contribution in [0.25, 0.3) is 0 Å². The van der Waals surface area contributed by atoms with E-state index in [1.54, 1.807) is 0 Å². The number of hydrogen-bond donors (Lipinski definition) is 2. The van der Waals surface area contributed by atoms with Gasteiger partial charge in [-0.3, -0.25) is 4.79 Å². The first-order chi connectivity index (χ1) is 9.40. The highest BCUT2D eigenvalue weighted by molar-refractivity contribution is 6.32. The lowest BCUT2D eigenvalue weighted by Crippen LogP contribution is -2.31. The molecule has 2 rings (SSSR count). The minimum absolute atomic E-state index is 0.0578. The van der Waals surface area contributed by atoms with Gasteiger partial charge in [0.25, 0.3) is 0 Å². The van der Waals surface area contributed by atoms with Crippen LogP contribution in [0.2, 0.25) is 5.02 Å². The van der Waals surface area contributed by atoms with Gasteiger partial charge in [-0.15, -0.1) is 0 Å². The van der Waals surface area contributed by atoms with Gasteiger partial charge in [0.2, 0.25) is 5.91 Å². The third-order valence-corrected chi connectivity index (χ3v) is 3.88. The van der Waals surface area contributed by atoms with Crippen LogP contribution in [-0.2, 0) is 4.79 Å². The van der Waals surface area contributed by atoms with E-state index in [0.717, 1.165) is 17.5 Å². The van der Waals surface area contributed by atoms with Gasteiger partial charge in [-0.25, -0.2) is 0 Å². The molecule has 1 aromatic carbocycles. The molecule has 0 saturated heterocycles. The first kappa shape index (κ1) is 15.1. The molecule has 0 radical (unpaired) electrons. The highest BCUT2D eigenvalue weighted by Crippen LogP contribution is 2.40. The summed E-state index contributed by atoms with van der Waals surface area (Å²) in [6.45, 7) is 6.20. The smallest absolute Gasteiger partial charge is 0.217 e. The maximum atomic E-state index is 11.3. The van der Waals surface area contributed by atoms with Crippen molar-refractivity contribution in [3.63, 3.8) is 0 Å². The number of rotatable bonds is 3. The predicted octanol–water partition coefficient (Wildman–Crippen LogP) is 2.96. The van der Waals surface area contributed by atoms with E-state index in [4.69, 9.17) is 22.1 Å². The van der Waals surface area contributed by atoms with Gasteiger partial charge >= 0.3 is 0 Å². The Bertz CT molecular complexity index is 517. The summed E-state index contributed by atoms with van der Waals surface area (Å²) in [6, 6.07) is 3.72. The van der Waals surface area contributed by atoms with Crippen molar-refractivity contribution in [1.29, 1.82) is 0 Å². The third-order valence-electron chi connectivity index (χ3n) is 3.60. The number of fused-ring (bicyclic) bond motifs is 1. The normalized spacial score (nSPS) is 19.2. The van der Waals surface area contributed by atoms with Gasteiger partial charge in [0, 0.05) is 24.9 Å². The minimum atomic E-state index is -0.0855. The second-order valence-electron chi connectivity index (χ2n) is 5.58. The fourth-order valence-corrected chi connectivity index (χ4v) is 2.74. The molecule has 0 spiro atoms. The van der Waals surface area contributed by atoms with E-state index in [2.05, 4.69) is 19.2 Å². The monoisotopic (exact) mass is 296 g/mol. The Labute approximate surface area is 124 Å². The number of carbonyl (C=O) groups is 1. The molecule has 1 heterocycles. The molecule has 0 bridgehead atoms. The largest absolute Gasteiger partial charge is 0.492 e. The van der Waals surface area contributed by atoms with Crippen molar-refractivity contribution >= 4 is 17.5 Å². The van der Waals surface area contributed by atoms with Gasteiger partial charge in [0.1, 0.15) is 5.75 Å². The first-order valence-corrected chi connectivity index (χ1v) is 7.26. The van der Waals surface area contributed by atoms with Crippen LogP contribution in [-0.4, -0.2) is 12.5 Å². The molecule has 0 aromatic heterocycles. The number of carbonyl (C=O) groups excluding carboxylic acids is 1. The second-order valence-corrected chi connectivity index (χ2v) is 5.99. The third kappa shape index (κ3) is 3.07. The summed E-state index contributed by atoms with van der Waals surface area (Å²) in [6.07, 6.45) is 0.739. The average molecular weight is 297 g/mol. The molecule has 2 atom stereocenters. The molecule has 20 heavy (non-hydrogen) atoms. The summed E-state index contributed by atoms with van der Waals surface area (Å²) in [5, 5.41) is 3.50. The van der Waals surface area contributed by atoms with Crippen molar-refractivity contribution in [2.45, 2.75) is 39.3 Å². The zero-order chi connectivity index (χ0) is 14.9. The van der Waals surface area contributed by atoms with Gasteiger partial charge < -0.3 is 15.8 Å². The molecular weight excluding hydrogens is 276 g/mol. The van der Waals surface area contributed by atoms with Crippen LogP contribution in [0.5, 0.6) is 5.75 Å². The van der Waals surface area contributed by atoms with Gasteiger partial charge in [-0.1, -0.05) is 25.4 Å². The topological polar surface area (TPSA) is 64.3 Å². The number of nitrogens with two attached hydrogens (primary N) is 1. The van der Waals surface area contributed by atoms with E-state index in [1.165, 1.54) is 6.92 Å². The van der Waals surface area contributed by atoms with Crippen molar-refractivity contribution in [2.75, 3.05) is 6.61 Å². The molecule has 4 nitrogen and oxygen atoms in total. The Morgan fingerprint density at radius 1 is 1.50 bits per heavy atom. The molecule has 0 fully saturated rings. The Kier molecular flexibility index (Phi) is 4.55. The van der Waals surface area contributed by atoms with Crippen molar-refractivity contribution in [1.82, 2.24) is 5.32 Å². The van der Waals surface area contributed by atoms with Crippen LogP contribution in [0.3, 0.4) is 0 Å². The molecule has 1 amide bonds. The van der Waals surface area contributed by atoms with E-state index >= 15 is 0 Å². The van der Waals surface area contributed by atoms with E-state index in [-0.39, 0.29) is 18.0 Å². The summed E-state index contributed by atoms with van der Waals surface area (Å²) in [5.74, 6) is 0.918. The number of ether oxygens (including phenoxy) is 1. The Morgan fingerprint density at radius 3 is 2.80 bits per heavy atom. The first-order valence-electron chi connectivity index (χ1n) is 6.89. The zero-order valence-electron chi connectivity index (χ0n) is 12.1. The van der Waals surface area contributed by atoms with Gasteiger partial charge in [-0.2, -0.15) is 0 Å². The van der Waals surface area contributed by atoms with E-state index in [0.29, 0.717) is 23.3 Å². The summed E-state index contributed by atoms with van der Waals surface area (Å²) in [7, 11) is 0. The summed E-state index contributed by atoms with van der Waals surface area (Å²) in [4.78, 5) is 11.3. The molecule has 5 heteroatoms. The van der Waals surface area contributed by atoms with E-state index in [9.17, 15) is 4.79 Å². The van der Waals surface area contributed by atoms with Crippen LogP contribution in [0.15, 0.2) is 12.1 Å². The van der Waals surface area contributed by atoms with Crippen LogP contribution in [0.4, 0.5) is 0 Å². The average Bonchev–Trinajstić information content (AvgIpc) is 2.38. The maximum absolute atomic E-state index is 11.3. The lowest BCUT2D eigenvalue weighted by atomic mass is 9.92. The molecular formula is C15H21ClN2O2. The summed E-state index contributed by atoms with van der Waals surface area (Å²) < 4.78 is 5.64. The zero-order valence-corrected chi connectivity index (χ0v) is 12.8. The standard InChI is InChI=1S/C15H21ClN2O2/c1-8(2)14(17)10-6-11-13(18-9(3)19)4-5-20-15(11)12(16)7-10/h6-8,13-14H,4-5,17H2,1-3H3,(H,18,19). The van der Waals surface area contributed by atoms with Gasteiger partial charge in [0.15, 0.2) is 0 Å². The molecule has 3 N–H and O–H groups in total. The molecule has 110 valence electrons. The van der Waals surface area contributed by atoms with Crippen molar-refractivity contribution < 1.29 is 9.53 Å². The van der Waals surface area contributed by atoms with Gasteiger partial charge in [-0.05, 0) is 23.6 Å². The Balaban J connectivity index is 2.42. The number of hydrogen-bond acceptors (Lipinski definition) is 3. The van der Waals surface area contributed by atoms with Crippen LogP contribution in [0.1, 0.15) is 50.4 Å². The van der Waals surface area contributed by atoms with Crippen molar-refractivity contribution in [3.05, 3.63) is 28.3 Å². The molecule has 2 unspecified atom stereocenters. The van der Waals surface area contributed by atoms with E-state index in [1.807, 2.05) is 12.1 Å². The molecule has 0 aliphatic carbocycles. The summed E-state index contributed by atoms with van der Waals surface area (Å²) in [5.41, 5.74) is 8.10. The highest BCUT2D eigenvalue weighted by Gasteiger charge is 2.26. The molecule has 1 aliphatic rings. The lowest BCUT2D eigenvalue weighted by molar-refractivity contribution is -0.119. The predicted molar refractivity (Wildman–Crippen MR) is 79.9 cm³/mol. The molecule has 1 aliphatic heterocycles. The fourth-order valence-electron chi connectivity index (χ4n) is 2.45. The minimum Gasteiger partial charge on any atom is -0.492 e. The quantitative estimate of drug-likeness (QED) is 0.901. The van der Waals surface area contributed by atoms with Crippen LogP contribution >= 0.6 is 11.6 Å². The van der Waals surface area contributed by atoms with E-state index < -0.39 is 0 Å². The number of nitrogens with one attached hydrogen (secondary N) is 1. The van der Waals surface area contributed by atoms with Crippen molar-refractivity contribution in [2.24, 2.45) is 11.7 Å². The summed E-state index contributed by atoms with van der Waals surface area (Å²) >= 11 is 6.30. The number of benzene rings is 1. The van der Waals surface area contributed by atoms with Crippen LogP contribution < -0.4 is 15.8 Å². The molecule has 1 aromatic rings. The Morgan fingerprint density at radius 2 is 2.20 bits per heavy atom. The SMILES string of the molecule is CC(=O)NC1CCOc2c(Cl)cc(C(N)C(C)C)cc21. The van der Waals surface area contributed by atoms with Crippen molar-refractivity contribution in [3.8, 4) is 5.75 Å². The molecule has 0 saturated carbocycles.